The van der Waals surface area contributed by atoms with Gasteiger partial charge in [0.25, 0.3) is 0 Å². The molecule has 2 rings (SSSR count). The van der Waals surface area contributed by atoms with Crippen molar-refractivity contribution in [3.63, 3.8) is 0 Å². The smallest absolute Gasteiger partial charge is 0.408 e. The number of thiophene rings is 1. The van der Waals surface area contributed by atoms with Gasteiger partial charge in [-0.3, -0.25) is 0 Å². The Bertz CT molecular complexity index is 671. The Kier molecular flexibility index (Phi) is 4.90. The topological polar surface area (TPSA) is 51.5 Å². The monoisotopic (exact) mass is 335 g/mol. The van der Waals surface area contributed by atoms with E-state index in [0.29, 0.717) is 12.3 Å². The zero-order chi connectivity index (χ0) is 17.3. The lowest BCUT2D eigenvalue weighted by Gasteiger charge is -2.19. The average molecular weight is 335 g/mol. The van der Waals surface area contributed by atoms with E-state index in [1.54, 1.807) is 11.3 Å². The Labute approximate surface area is 141 Å². The molecule has 2 heterocycles. The first-order valence-electron chi connectivity index (χ1n) is 7.71. The fraction of sp³-hybridized carbons (Fsp3) is 0.500. The molecular formula is C18H25NO3S. The quantitative estimate of drug-likeness (QED) is 0.824. The van der Waals surface area contributed by atoms with Crippen LogP contribution in [0.1, 0.15) is 52.2 Å². The molecule has 0 bridgehead atoms. The first kappa shape index (κ1) is 17.6. The van der Waals surface area contributed by atoms with Gasteiger partial charge in [-0.2, -0.15) is 0 Å². The van der Waals surface area contributed by atoms with Gasteiger partial charge < -0.3 is 14.5 Å². The second-order valence-corrected chi connectivity index (χ2v) is 8.62. The number of alkyl carbamates (subject to hydrolysis) is 1. The maximum Gasteiger partial charge on any atom is 0.408 e. The predicted octanol–water partition coefficient (Wildman–Crippen LogP) is 5.33. The molecule has 1 N–H and O–H groups in total. The Morgan fingerprint density at radius 2 is 1.83 bits per heavy atom. The Morgan fingerprint density at radius 1 is 1.13 bits per heavy atom. The van der Waals surface area contributed by atoms with Crippen molar-refractivity contribution in [2.75, 3.05) is 0 Å². The summed E-state index contributed by atoms with van der Waals surface area (Å²) in [6.45, 7) is 12.4. The van der Waals surface area contributed by atoms with Crippen LogP contribution in [-0.2, 0) is 16.7 Å². The molecule has 0 aromatic carbocycles. The summed E-state index contributed by atoms with van der Waals surface area (Å²) in [6.07, 6.45) is -0.443. The summed E-state index contributed by atoms with van der Waals surface area (Å²) in [4.78, 5) is 14.1. The van der Waals surface area contributed by atoms with Crippen molar-refractivity contribution in [1.29, 1.82) is 0 Å². The van der Waals surface area contributed by atoms with E-state index in [9.17, 15) is 4.79 Å². The van der Waals surface area contributed by atoms with Crippen molar-refractivity contribution in [3.05, 3.63) is 34.9 Å². The van der Waals surface area contributed by atoms with Crippen LogP contribution in [-0.4, -0.2) is 11.7 Å². The summed E-state index contributed by atoms with van der Waals surface area (Å²) in [5.41, 5.74) is -0.366. The van der Waals surface area contributed by atoms with Crippen LogP contribution in [0, 0.1) is 0 Å². The number of ether oxygens (including phenoxy) is 1. The molecule has 0 unspecified atom stereocenters. The van der Waals surface area contributed by atoms with Crippen LogP contribution in [0.25, 0.3) is 10.6 Å². The highest BCUT2D eigenvalue weighted by Gasteiger charge is 2.18. The maximum absolute atomic E-state index is 11.6. The Hall–Kier alpha value is -1.75. The van der Waals surface area contributed by atoms with Crippen molar-refractivity contribution in [1.82, 2.24) is 5.32 Å². The minimum Gasteiger partial charge on any atom is -0.458 e. The summed E-state index contributed by atoms with van der Waals surface area (Å²) >= 11 is 1.73. The highest BCUT2D eigenvalue weighted by Crippen LogP contribution is 2.35. The van der Waals surface area contributed by atoms with Gasteiger partial charge in [-0.15, -0.1) is 11.3 Å². The van der Waals surface area contributed by atoms with Gasteiger partial charge in [0.05, 0.1) is 11.4 Å². The van der Waals surface area contributed by atoms with E-state index >= 15 is 0 Å². The van der Waals surface area contributed by atoms with Gasteiger partial charge in [-0.1, -0.05) is 20.8 Å². The second kappa shape index (κ2) is 6.40. The van der Waals surface area contributed by atoms with E-state index in [1.807, 2.05) is 32.9 Å². The number of nitrogens with one attached hydrogen (secondary N) is 1. The van der Waals surface area contributed by atoms with E-state index in [0.717, 1.165) is 10.6 Å². The van der Waals surface area contributed by atoms with Gasteiger partial charge in [-0.25, -0.2) is 4.79 Å². The van der Waals surface area contributed by atoms with Gasteiger partial charge >= 0.3 is 6.09 Å². The van der Waals surface area contributed by atoms with Gasteiger partial charge in [0, 0.05) is 4.88 Å². The van der Waals surface area contributed by atoms with Crippen molar-refractivity contribution in [2.24, 2.45) is 0 Å². The van der Waals surface area contributed by atoms with Gasteiger partial charge in [-0.05, 0) is 50.5 Å². The molecule has 5 heteroatoms. The number of amides is 1. The van der Waals surface area contributed by atoms with E-state index in [4.69, 9.17) is 9.15 Å². The third-order valence-electron chi connectivity index (χ3n) is 3.06. The van der Waals surface area contributed by atoms with E-state index < -0.39 is 11.7 Å². The van der Waals surface area contributed by atoms with Crippen molar-refractivity contribution in [3.8, 4) is 10.6 Å². The normalized spacial score (nSPS) is 12.3. The Balaban J connectivity index is 1.98. The van der Waals surface area contributed by atoms with Crippen LogP contribution in [0.3, 0.4) is 0 Å². The summed E-state index contributed by atoms with van der Waals surface area (Å²) < 4.78 is 11.0. The average Bonchev–Trinajstić information content (AvgIpc) is 3.02. The third kappa shape index (κ3) is 5.13. The van der Waals surface area contributed by atoms with Gasteiger partial charge in [0.1, 0.15) is 17.1 Å². The van der Waals surface area contributed by atoms with Crippen LogP contribution >= 0.6 is 11.3 Å². The summed E-state index contributed by atoms with van der Waals surface area (Å²) in [5, 5.41) is 2.70. The van der Waals surface area contributed by atoms with Gasteiger partial charge in [0.2, 0.25) is 0 Å². The predicted molar refractivity (Wildman–Crippen MR) is 93.8 cm³/mol. The molecule has 2 aromatic heterocycles. The summed E-state index contributed by atoms with van der Waals surface area (Å²) in [5.74, 6) is 1.53. The molecule has 0 saturated heterocycles. The molecule has 4 nitrogen and oxygen atoms in total. The first-order valence-corrected chi connectivity index (χ1v) is 8.52. The van der Waals surface area contributed by atoms with Crippen LogP contribution in [0.5, 0.6) is 0 Å². The number of hydrogen-bond donors (Lipinski definition) is 1. The van der Waals surface area contributed by atoms with Crippen LogP contribution in [0.15, 0.2) is 28.7 Å². The molecule has 126 valence electrons. The molecule has 0 aliphatic rings. The number of hydrogen-bond acceptors (Lipinski definition) is 4. The molecule has 0 spiro atoms. The fourth-order valence-electron chi connectivity index (χ4n) is 1.95. The molecule has 0 atom stereocenters. The standard InChI is InChI=1S/C18H25NO3S/c1-17(2,3)15-10-9-14(23-15)13-8-7-12(21-13)11-19-16(20)22-18(4,5)6/h7-10H,11H2,1-6H3,(H,19,20). The van der Waals surface area contributed by atoms with Gasteiger partial charge in [0.15, 0.2) is 0 Å². The number of furan rings is 1. The minimum absolute atomic E-state index is 0.136. The lowest BCUT2D eigenvalue weighted by Crippen LogP contribution is -2.32. The molecular weight excluding hydrogens is 310 g/mol. The number of rotatable bonds is 3. The van der Waals surface area contributed by atoms with E-state index in [-0.39, 0.29) is 5.41 Å². The number of carbonyl (C=O) groups is 1. The molecule has 1 amide bonds. The van der Waals surface area contributed by atoms with Crippen LogP contribution < -0.4 is 5.32 Å². The Morgan fingerprint density at radius 3 is 2.39 bits per heavy atom. The van der Waals surface area contributed by atoms with Crippen molar-refractivity contribution in [2.45, 2.75) is 59.1 Å². The number of carbonyl (C=O) groups excluding carboxylic acids is 1. The first-order chi connectivity index (χ1) is 10.5. The highest BCUT2D eigenvalue weighted by atomic mass is 32.1. The maximum atomic E-state index is 11.6. The minimum atomic E-state index is -0.501. The van der Waals surface area contributed by atoms with Crippen molar-refractivity contribution < 1.29 is 13.9 Å². The molecule has 0 saturated carbocycles. The van der Waals surface area contributed by atoms with Crippen molar-refractivity contribution >= 4 is 17.4 Å². The molecule has 23 heavy (non-hydrogen) atoms. The summed E-state index contributed by atoms with van der Waals surface area (Å²) in [6, 6.07) is 8.03. The van der Waals surface area contributed by atoms with Crippen LogP contribution in [0.2, 0.25) is 0 Å². The lowest BCUT2D eigenvalue weighted by molar-refractivity contribution is 0.0520. The van der Waals surface area contributed by atoms with E-state index in [1.165, 1.54) is 4.88 Å². The second-order valence-electron chi connectivity index (χ2n) is 7.54. The highest BCUT2D eigenvalue weighted by molar-refractivity contribution is 7.15. The summed E-state index contributed by atoms with van der Waals surface area (Å²) in [7, 11) is 0. The van der Waals surface area contributed by atoms with Crippen LogP contribution in [0.4, 0.5) is 4.79 Å². The molecule has 0 aliphatic heterocycles. The lowest BCUT2D eigenvalue weighted by atomic mass is 9.95. The molecule has 0 radical (unpaired) electrons. The van der Waals surface area contributed by atoms with E-state index in [2.05, 4.69) is 38.2 Å². The molecule has 0 fully saturated rings. The zero-order valence-electron chi connectivity index (χ0n) is 14.6. The third-order valence-corrected chi connectivity index (χ3v) is 4.58. The molecule has 0 aliphatic carbocycles. The largest absolute Gasteiger partial charge is 0.458 e. The SMILES string of the molecule is CC(C)(C)OC(=O)NCc1ccc(-c2ccc(C(C)(C)C)s2)o1. The molecule has 2 aromatic rings. The zero-order valence-corrected chi connectivity index (χ0v) is 15.5. The fourth-order valence-corrected chi connectivity index (χ4v) is 2.98.